The van der Waals surface area contributed by atoms with E-state index < -0.39 is 36.3 Å². The van der Waals surface area contributed by atoms with Crippen LogP contribution in [0.4, 0.5) is 9.18 Å². The Balaban J connectivity index is 1.60. The molecule has 1 unspecified atom stereocenters. The number of nitrogens with one attached hydrogen (secondary N) is 2. The molecule has 144 valence electrons. The standard InChI is InChI=1S/C15H21FN4O6/c1-8-5-10-6-19(15(24)20(10)26-12(16)14(22)23)11(8)13(21)18-25-7-9-3-2-4-17-9/h5,9-12,17H,2-4,6-7H2,1H3,(H,18,21)(H,22,23)/t9-,10?,11-,12+/m0/s1. The quantitative estimate of drug-likeness (QED) is 0.408. The van der Waals surface area contributed by atoms with Crippen LogP contribution in [0.2, 0.25) is 0 Å². The van der Waals surface area contributed by atoms with E-state index in [-0.39, 0.29) is 12.6 Å². The molecule has 3 heterocycles. The molecule has 0 aromatic heterocycles. The van der Waals surface area contributed by atoms with Gasteiger partial charge in [-0.25, -0.2) is 24.3 Å². The Labute approximate surface area is 148 Å². The van der Waals surface area contributed by atoms with E-state index in [4.69, 9.17) is 9.94 Å². The summed E-state index contributed by atoms with van der Waals surface area (Å²) in [4.78, 5) is 46.4. The minimum absolute atomic E-state index is 0.0881. The molecular weight excluding hydrogens is 351 g/mol. The summed E-state index contributed by atoms with van der Waals surface area (Å²) in [6.07, 6.45) is 0.934. The van der Waals surface area contributed by atoms with Crippen molar-refractivity contribution in [1.29, 1.82) is 0 Å². The van der Waals surface area contributed by atoms with Crippen LogP contribution in [0.1, 0.15) is 19.8 Å². The highest BCUT2D eigenvalue weighted by molar-refractivity contribution is 5.91. The number of hydrogen-bond donors (Lipinski definition) is 3. The fourth-order valence-electron chi connectivity index (χ4n) is 3.38. The summed E-state index contributed by atoms with van der Waals surface area (Å²) in [5.74, 6) is -2.36. The molecule has 0 aromatic rings. The van der Waals surface area contributed by atoms with Crippen LogP contribution in [0.15, 0.2) is 11.6 Å². The van der Waals surface area contributed by atoms with Crippen molar-refractivity contribution in [2.24, 2.45) is 0 Å². The van der Waals surface area contributed by atoms with Crippen LogP contribution < -0.4 is 10.8 Å². The van der Waals surface area contributed by atoms with Gasteiger partial charge in [-0.1, -0.05) is 6.08 Å². The van der Waals surface area contributed by atoms with Gasteiger partial charge in [0, 0.05) is 6.04 Å². The number of carboxylic acid groups (broad SMARTS) is 1. The lowest BCUT2D eigenvalue weighted by Crippen LogP contribution is -2.50. The van der Waals surface area contributed by atoms with Crippen LogP contribution >= 0.6 is 0 Å². The number of amides is 3. The number of fused-ring (bicyclic) bond motifs is 2. The van der Waals surface area contributed by atoms with Crippen molar-refractivity contribution in [3.8, 4) is 0 Å². The second-order valence-electron chi connectivity index (χ2n) is 6.47. The van der Waals surface area contributed by atoms with Gasteiger partial charge in [-0.2, -0.15) is 5.06 Å². The van der Waals surface area contributed by atoms with Gasteiger partial charge in [-0.05, 0) is 31.9 Å². The zero-order chi connectivity index (χ0) is 18.8. The molecule has 3 aliphatic heterocycles. The first-order valence-electron chi connectivity index (χ1n) is 8.35. The van der Waals surface area contributed by atoms with Crippen molar-refractivity contribution in [2.75, 3.05) is 19.7 Å². The first-order valence-corrected chi connectivity index (χ1v) is 8.35. The smallest absolute Gasteiger partial charge is 0.368 e. The minimum Gasteiger partial charge on any atom is -0.477 e. The monoisotopic (exact) mass is 372 g/mol. The summed E-state index contributed by atoms with van der Waals surface area (Å²) in [5, 5.41) is 12.5. The van der Waals surface area contributed by atoms with Crippen molar-refractivity contribution >= 4 is 17.9 Å². The molecule has 2 fully saturated rings. The average molecular weight is 372 g/mol. The van der Waals surface area contributed by atoms with Crippen molar-refractivity contribution < 1.29 is 33.6 Å². The zero-order valence-electron chi connectivity index (χ0n) is 14.2. The largest absolute Gasteiger partial charge is 0.477 e. The molecule has 4 atom stereocenters. The number of nitrogens with zero attached hydrogens (tertiary/aromatic N) is 2. The van der Waals surface area contributed by atoms with E-state index in [0.717, 1.165) is 19.4 Å². The molecule has 0 saturated carbocycles. The lowest BCUT2D eigenvalue weighted by molar-refractivity contribution is -0.219. The normalized spacial score (nSPS) is 28.9. The lowest BCUT2D eigenvalue weighted by atomic mass is 10.0. The summed E-state index contributed by atoms with van der Waals surface area (Å²) in [7, 11) is 0. The number of halogens is 1. The Hall–Kier alpha value is -2.24. The zero-order valence-corrected chi connectivity index (χ0v) is 14.2. The van der Waals surface area contributed by atoms with E-state index in [1.807, 2.05) is 0 Å². The van der Waals surface area contributed by atoms with Gasteiger partial charge in [0.15, 0.2) is 0 Å². The van der Waals surface area contributed by atoms with Gasteiger partial charge in [-0.15, -0.1) is 0 Å². The van der Waals surface area contributed by atoms with Gasteiger partial charge in [0.25, 0.3) is 5.91 Å². The Bertz CT molecular complexity index is 623. The first kappa shape index (κ1) is 18.5. The van der Waals surface area contributed by atoms with E-state index in [0.29, 0.717) is 17.2 Å². The van der Waals surface area contributed by atoms with Gasteiger partial charge in [-0.3, -0.25) is 9.63 Å². The lowest BCUT2D eigenvalue weighted by Gasteiger charge is -2.29. The Morgan fingerprint density at radius 2 is 2.31 bits per heavy atom. The van der Waals surface area contributed by atoms with Gasteiger partial charge in [0.1, 0.15) is 6.04 Å². The predicted molar refractivity (Wildman–Crippen MR) is 84.0 cm³/mol. The molecule has 3 amide bonds. The van der Waals surface area contributed by atoms with Crippen LogP contribution in [0, 0.1) is 0 Å². The highest BCUT2D eigenvalue weighted by atomic mass is 19.1. The van der Waals surface area contributed by atoms with Gasteiger partial charge < -0.3 is 15.3 Å². The van der Waals surface area contributed by atoms with Crippen molar-refractivity contribution in [2.45, 2.75) is 44.2 Å². The summed E-state index contributed by atoms with van der Waals surface area (Å²) in [6.45, 7) is 2.97. The maximum atomic E-state index is 13.3. The number of carboxylic acids is 1. The number of urea groups is 1. The predicted octanol–water partition coefficient (Wildman–Crippen LogP) is -0.467. The van der Waals surface area contributed by atoms with Crippen molar-refractivity contribution in [3.05, 3.63) is 11.6 Å². The topological polar surface area (TPSA) is 120 Å². The van der Waals surface area contributed by atoms with Gasteiger partial charge in [0.2, 0.25) is 0 Å². The third kappa shape index (κ3) is 3.64. The third-order valence-electron chi connectivity index (χ3n) is 4.59. The van der Waals surface area contributed by atoms with Crippen LogP contribution in [0.25, 0.3) is 0 Å². The summed E-state index contributed by atoms with van der Waals surface area (Å²) < 4.78 is 13.3. The second-order valence-corrected chi connectivity index (χ2v) is 6.47. The summed E-state index contributed by atoms with van der Waals surface area (Å²) in [5.41, 5.74) is 2.91. The first-order chi connectivity index (χ1) is 12.4. The van der Waals surface area contributed by atoms with Crippen LogP contribution in [-0.2, 0) is 19.3 Å². The van der Waals surface area contributed by atoms with Crippen LogP contribution in [0.5, 0.6) is 0 Å². The Morgan fingerprint density at radius 1 is 1.54 bits per heavy atom. The molecule has 3 N–H and O–H groups in total. The van der Waals surface area contributed by atoms with E-state index in [1.165, 1.54) is 4.90 Å². The van der Waals surface area contributed by atoms with Gasteiger partial charge >= 0.3 is 18.4 Å². The molecule has 0 aromatic carbocycles. The second kappa shape index (κ2) is 7.56. The van der Waals surface area contributed by atoms with E-state index in [2.05, 4.69) is 15.6 Å². The van der Waals surface area contributed by atoms with Crippen LogP contribution in [0.3, 0.4) is 0 Å². The molecule has 11 heteroatoms. The minimum atomic E-state index is -2.66. The number of rotatable bonds is 7. The molecule has 0 aliphatic carbocycles. The maximum absolute atomic E-state index is 13.3. The summed E-state index contributed by atoms with van der Waals surface area (Å²) in [6, 6.07) is -2.18. The fraction of sp³-hybridized carbons (Fsp3) is 0.667. The molecule has 3 rings (SSSR count). The van der Waals surface area contributed by atoms with Crippen molar-refractivity contribution in [3.63, 3.8) is 0 Å². The van der Waals surface area contributed by atoms with Gasteiger partial charge in [0.05, 0.1) is 19.2 Å². The molecule has 3 aliphatic rings. The highest BCUT2D eigenvalue weighted by Crippen LogP contribution is 2.30. The van der Waals surface area contributed by atoms with Crippen molar-refractivity contribution in [1.82, 2.24) is 20.8 Å². The van der Waals surface area contributed by atoms with E-state index in [1.54, 1.807) is 13.0 Å². The van der Waals surface area contributed by atoms with E-state index >= 15 is 0 Å². The third-order valence-corrected chi connectivity index (χ3v) is 4.59. The molecule has 10 nitrogen and oxygen atoms in total. The molecular formula is C15H21FN4O6. The number of hydrogen-bond acceptors (Lipinski definition) is 6. The Morgan fingerprint density at radius 3 is 2.96 bits per heavy atom. The number of hydroxylamine groups is 3. The number of carbonyl (C=O) groups excluding carboxylic acids is 2. The fourth-order valence-corrected chi connectivity index (χ4v) is 3.38. The molecule has 26 heavy (non-hydrogen) atoms. The number of carbonyl (C=O) groups is 3. The van der Waals surface area contributed by atoms with Crippen LogP contribution in [-0.4, -0.2) is 77.2 Å². The van der Waals surface area contributed by atoms with E-state index in [9.17, 15) is 18.8 Å². The molecule has 2 saturated heterocycles. The SMILES string of the molecule is CC1=CC2CN(C(=O)N2O[C@@H](F)C(=O)O)[C@@H]1C(=O)NOC[C@@H]1CCCN1. The molecule has 0 radical (unpaired) electrons. The summed E-state index contributed by atoms with van der Waals surface area (Å²) >= 11 is 0. The highest BCUT2D eigenvalue weighted by Gasteiger charge is 2.48. The maximum Gasteiger partial charge on any atom is 0.368 e. The number of aliphatic carboxylic acids is 1. The molecule has 0 spiro atoms. The Kier molecular flexibility index (Phi) is 5.39. The average Bonchev–Trinajstić information content (AvgIpc) is 3.18. The number of alkyl halides is 1. The molecule has 2 bridgehead atoms.